The van der Waals surface area contributed by atoms with Crippen LogP contribution in [0.3, 0.4) is 0 Å². The molecule has 0 aliphatic rings. The van der Waals surface area contributed by atoms with Crippen molar-refractivity contribution >= 4 is 27.7 Å². The molecule has 0 fully saturated rings. The maximum absolute atomic E-state index is 11.5. The fourth-order valence-electron chi connectivity index (χ4n) is 1.06. The zero-order valence-corrected chi connectivity index (χ0v) is 9.91. The van der Waals surface area contributed by atoms with Gasteiger partial charge in [0.15, 0.2) is 12.4 Å². The van der Waals surface area contributed by atoms with E-state index in [4.69, 9.17) is 4.74 Å². The molecule has 0 amide bonds. The van der Waals surface area contributed by atoms with E-state index in [0.717, 1.165) is 5.56 Å². The first-order chi connectivity index (χ1) is 7.15. The van der Waals surface area contributed by atoms with Crippen LogP contribution in [0.25, 0.3) is 0 Å². The van der Waals surface area contributed by atoms with E-state index >= 15 is 0 Å². The molecule has 0 bridgehead atoms. The Morgan fingerprint density at radius 1 is 1.33 bits per heavy atom. The summed E-state index contributed by atoms with van der Waals surface area (Å²) in [6.07, 6.45) is 0. The summed E-state index contributed by atoms with van der Waals surface area (Å²) in [6, 6.07) is 7.10. The fourth-order valence-corrected chi connectivity index (χ4v) is 1.23. The summed E-state index contributed by atoms with van der Waals surface area (Å²) >= 11 is 2.99. The van der Waals surface area contributed by atoms with Gasteiger partial charge in [-0.1, -0.05) is 34.1 Å². The number of benzene rings is 1. The molecule has 1 aromatic carbocycles. The Kier molecular flexibility index (Phi) is 4.49. The number of carbonyl (C=O) groups excluding carboxylic acids is 2. The molecule has 0 radical (unpaired) electrons. The Morgan fingerprint density at radius 3 is 2.60 bits per heavy atom. The predicted octanol–water partition coefficient (Wildman–Crippen LogP) is 2.12. The number of alkyl halides is 1. The van der Waals surface area contributed by atoms with E-state index in [0.29, 0.717) is 5.56 Å². The minimum absolute atomic E-state index is 0.156. The van der Waals surface area contributed by atoms with Gasteiger partial charge in [0, 0.05) is 0 Å². The minimum atomic E-state index is -0.456. The SMILES string of the molecule is Cc1ccccc1C(=O)OCC(=O)CBr. The molecule has 80 valence electrons. The number of ketones is 1. The van der Waals surface area contributed by atoms with Crippen LogP contribution < -0.4 is 0 Å². The van der Waals surface area contributed by atoms with E-state index in [-0.39, 0.29) is 17.7 Å². The normalized spacial score (nSPS) is 9.73. The summed E-state index contributed by atoms with van der Waals surface area (Å²) in [6.45, 7) is 1.64. The van der Waals surface area contributed by atoms with Gasteiger partial charge in [0.2, 0.25) is 0 Å². The molecule has 0 aliphatic heterocycles. The van der Waals surface area contributed by atoms with E-state index in [1.165, 1.54) is 0 Å². The first-order valence-electron chi connectivity index (χ1n) is 4.45. The molecule has 0 heterocycles. The third-order valence-corrected chi connectivity index (χ3v) is 2.50. The number of aryl methyl sites for hydroxylation is 1. The molecule has 0 spiro atoms. The van der Waals surface area contributed by atoms with Crippen molar-refractivity contribution in [3.63, 3.8) is 0 Å². The van der Waals surface area contributed by atoms with Crippen LogP contribution in [-0.4, -0.2) is 23.7 Å². The van der Waals surface area contributed by atoms with Gasteiger partial charge in [0.25, 0.3) is 0 Å². The average molecular weight is 271 g/mol. The molecular formula is C11H11BrO3. The Bertz CT molecular complexity index is 374. The standard InChI is InChI=1S/C11H11BrO3/c1-8-4-2-3-5-10(8)11(14)15-7-9(13)6-12/h2-5H,6-7H2,1H3. The first-order valence-corrected chi connectivity index (χ1v) is 5.57. The largest absolute Gasteiger partial charge is 0.454 e. The van der Waals surface area contributed by atoms with Crippen LogP contribution in [0, 0.1) is 6.92 Å². The highest BCUT2D eigenvalue weighted by atomic mass is 79.9. The molecule has 0 aromatic heterocycles. The summed E-state index contributed by atoms with van der Waals surface area (Å²) in [5.41, 5.74) is 1.34. The second-order valence-corrected chi connectivity index (χ2v) is 3.62. The van der Waals surface area contributed by atoms with Crippen molar-refractivity contribution in [2.24, 2.45) is 0 Å². The van der Waals surface area contributed by atoms with Gasteiger partial charge in [-0.05, 0) is 18.6 Å². The van der Waals surface area contributed by atoms with Crippen molar-refractivity contribution in [1.29, 1.82) is 0 Å². The Balaban J connectivity index is 2.62. The van der Waals surface area contributed by atoms with Gasteiger partial charge in [-0.2, -0.15) is 0 Å². The van der Waals surface area contributed by atoms with Crippen molar-refractivity contribution in [3.05, 3.63) is 35.4 Å². The molecule has 1 rings (SSSR count). The summed E-state index contributed by atoms with van der Waals surface area (Å²) in [5, 5.41) is 0.202. The van der Waals surface area contributed by atoms with Crippen LogP contribution in [0.4, 0.5) is 0 Å². The van der Waals surface area contributed by atoms with Crippen molar-refractivity contribution < 1.29 is 14.3 Å². The summed E-state index contributed by atoms with van der Waals surface area (Å²) in [7, 11) is 0. The van der Waals surface area contributed by atoms with Crippen molar-refractivity contribution in [2.75, 3.05) is 11.9 Å². The van der Waals surface area contributed by atoms with Gasteiger partial charge >= 0.3 is 5.97 Å². The zero-order chi connectivity index (χ0) is 11.3. The molecule has 0 atom stereocenters. The third-order valence-electron chi connectivity index (χ3n) is 1.88. The average Bonchev–Trinajstić information content (AvgIpc) is 2.26. The first kappa shape index (κ1) is 11.9. The Hall–Kier alpha value is -1.16. The maximum Gasteiger partial charge on any atom is 0.338 e. The van der Waals surface area contributed by atoms with Gasteiger partial charge in [0.1, 0.15) is 0 Å². The second-order valence-electron chi connectivity index (χ2n) is 3.06. The quantitative estimate of drug-likeness (QED) is 0.622. The maximum atomic E-state index is 11.5. The lowest BCUT2D eigenvalue weighted by Gasteiger charge is -2.05. The van der Waals surface area contributed by atoms with Gasteiger partial charge in [-0.3, -0.25) is 4.79 Å². The lowest BCUT2D eigenvalue weighted by molar-refractivity contribution is -0.119. The van der Waals surface area contributed by atoms with E-state index in [1.54, 1.807) is 12.1 Å². The highest BCUT2D eigenvalue weighted by Crippen LogP contribution is 2.08. The molecular weight excluding hydrogens is 260 g/mol. The van der Waals surface area contributed by atoms with Crippen LogP contribution in [-0.2, 0) is 9.53 Å². The molecule has 15 heavy (non-hydrogen) atoms. The van der Waals surface area contributed by atoms with E-state index < -0.39 is 5.97 Å². The number of hydrogen-bond acceptors (Lipinski definition) is 3. The molecule has 4 heteroatoms. The predicted molar refractivity (Wildman–Crippen MR) is 60.3 cm³/mol. The molecule has 0 saturated carbocycles. The molecule has 3 nitrogen and oxygen atoms in total. The van der Waals surface area contributed by atoms with Crippen LogP contribution in [0.2, 0.25) is 0 Å². The highest BCUT2D eigenvalue weighted by Gasteiger charge is 2.10. The number of hydrogen-bond donors (Lipinski definition) is 0. The van der Waals surface area contributed by atoms with E-state index in [2.05, 4.69) is 15.9 Å². The molecule has 0 saturated heterocycles. The molecule has 0 unspecified atom stereocenters. The van der Waals surface area contributed by atoms with Crippen LogP contribution in [0.15, 0.2) is 24.3 Å². The zero-order valence-electron chi connectivity index (χ0n) is 8.33. The van der Waals surface area contributed by atoms with Gasteiger partial charge in [-0.25, -0.2) is 4.79 Å². The monoisotopic (exact) mass is 270 g/mol. The summed E-state index contributed by atoms with van der Waals surface area (Å²) in [4.78, 5) is 22.4. The Morgan fingerprint density at radius 2 is 2.00 bits per heavy atom. The Labute approximate surface area is 96.6 Å². The van der Waals surface area contributed by atoms with Gasteiger partial charge < -0.3 is 4.74 Å². The molecule has 1 aromatic rings. The van der Waals surface area contributed by atoms with Crippen LogP contribution in [0.1, 0.15) is 15.9 Å². The van der Waals surface area contributed by atoms with Gasteiger partial charge in [-0.15, -0.1) is 0 Å². The third kappa shape index (κ3) is 3.47. The topological polar surface area (TPSA) is 43.4 Å². The van der Waals surface area contributed by atoms with Crippen molar-refractivity contribution in [2.45, 2.75) is 6.92 Å². The number of Topliss-reactive ketones (excluding diaryl/α,β-unsaturated/α-hetero) is 1. The summed E-state index contributed by atoms with van der Waals surface area (Å²) < 4.78 is 4.84. The lowest BCUT2D eigenvalue weighted by Crippen LogP contribution is -2.15. The lowest BCUT2D eigenvalue weighted by atomic mass is 10.1. The number of esters is 1. The van der Waals surface area contributed by atoms with Crippen LogP contribution in [0.5, 0.6) is 0 Å². The van der Waals surface area contributed by atoms with E-state index in [1.807, 2.05) is 19.1 Å². The number of ether oxygens (including phenoxy) is 1. The highest BCUT2D eigenvalue weighted by molar-refractivity contribution is 9.09. The number of carbonyl (C=O) groups is 2. The van der Waals surface area contributed by atoms with Gasteiger partial charge in [0.05, 0.1) is 10.9 Å². The molecule has 0 N–H and O–H groups in total. The molecule has 0 aliphatic carbocycles. The van der Waals surface area contributed by atoms with Crippen molar-refractivity contribution in [3.8, 4) is 0 Å². The van der Waals surface area contributed by atoms with E-state index in [9.17, 15) is 9.59 Å². The smallest absolute Gasteiger partial charge is 0.338 e. The minimum Gasteiger partial charge on any atom is -0.454 e. The number of halogens is 1. The fraction of sp³-hybridized carbons (Fsp3) is 0.273. The van der Waals surface area contributed by atoms with Crippen LogP contribution >= 0.6 is 15.9 Å². The van der Waals surface area contributed by atoms with Crippen molar-refractivity contribution in [1.82, 2.24) is 0 Å². The second kappa shape index (κ2) is 5.66. The number of rotatable bonds is 4. The summed E-state index contributed by atoms with van der Waals surface area (Å²) in [5.74, 6) is -0.612.